The van der Waals surface area contributed by atoms with Gasteiger partial charge in [0, 0.05) is 12.5 Å². The van der Waals surface area contributed by atoms with Gasteiger partial charge in [-0.1, -0.05) is 44.2 Å². The molecule has 0 aliphatic heterocycles. The minimum absolute atomic E-state index is 0.0364. The number of amides is 1. The van der Waals surface area contributed by atoms with Gasteiger partial charge in [0.1, 0.15) is 6.61 Å². The Kier molecular flexibility index (Phi) is 5.79. The first-order chi connectivity index (χ1) is 8.63. The van der Waals surface area contributed by atoms with Crippen molar-refractivity contribution in [1.29, 1.82) is 0 Å². The van der Waals surface area contributed by atoms with E-state index in [1.165, 1.54) is 0 Å². The van der Waals surface area contributed by atoms with Gasteiger partial charge in [0.25, 0.3) is 0 Å². The summed E-state index contributed by atoms with van der Waals surface area (Å²) in [7, 11) is 0. The van der Waals surface area contributed by atoms with Gasteiger partial charge in [-0.15, -0.1) is 12.3 Å². The van der Waals surface area contributed by atoms with Crippen molar-refractivity contribution in [3.8, 4) is 12.3 Å². The first-order valence-electron chi connectivity index (χ1n) is 6.04. The molecule has 0 saturated carbocycles. The van der Waals surface area contributed by atoms with Crippen molar-refractivity contribution < 1.29 is 9.53 Å². The van der Waals surface area contributed by atoms with Crippen LogP contribution in [-0.2, 0) is 11.3 Å². The third-order valence-electron chi connectivity index (χ3n) is 2.70. The van der Waals surface area contributed by atoms with Crippen molar-refractivity contribution in [2.75, 3.05) is 6.54 Å². The summed E-state index contributed by atoms with van der Waals surface area (Å²) in [4.78, 5) is 11.5. The van der Waals surface area contributed by atoms with Crippen molar-refractivity contribution in [3.05, 3.63) is 35.9 Å². The van der Waals surface area contributed by atoms with Crippen molar-refractivity contribution >= 4 is 6.09 Å². The quantitative estimate of drug-likeness (QED) is 0.810. The van der Waals surface area contributed by atoms with Crippen LogP contribution in [0.1, 0.15) is 19.4 Å². The molecule has 1 aromatic rings. The fraction of sp³-hybridized carbons (Fsp3) is 0.400. The third kappa shape index (κ3) is 4.92. The standard InChI is InChI=1S/C15H19NO2/c1-4-14(12(2)3)10-16-15(17)18-11-13-8-6-5-7-9-13/h1,5-9,12,14H,10-11H2,2-3H3,(H,16,17). The molecule has 18 heavy (non-hydrogen) atoms. The molecule has 1 unspecified atom stereocenters. The Morgan fingerprint density at radius 3 is 2.61 bits per heavy atom. The highest BCUT2D eigenvalue weighted by molar-refractivity contribution is 5.67. The van der Waals surface area contributed by atoms with Gasteiger partial charge in [0.15, 0.2) is 0 Å². The van der Waals surface area contributed by atoms with Crippen LogP contribution < -0.4 is 5.32 Å². The zero-order chi connectivity index (χ0) is 13.4. The van der Waals surface area contributed by atoms with Crippen LogP contribution in [-0.4, -0.2) is 12.6 Å². The number of alkyl carbamates (subject to hydrolysis) is 1. The molecule has 0 fully saturated rings. The molecule has 1 amide bonds. The Labute approximate surface area is 109 Å². The van der Waals surface area contributed by atoms with Gasteiger partial charge in [-0.25, -0.2) is 4.79 Å². The molecule has 1 atom stereocenters. The summed E-state index contributed by atoms with van der Waals surface area (Å²) in [5.41, 5.74) is 0.963. The predicted octanol–water partition coefficient (Wildman–Crippen LogP) is 2.82. The Morgan fingerprint density at radius 1 is 1.39 bits per heavy atom. The van der Waals surface area contributed by atoms with E-state index in [9.17, 15) is 4.79 Å². The minimum atomic E-state index is -0.431. The maximum absolute atomic E-state index is 11.5. The Bertz CT molecular complexity index is 406. The summed E-state index contributed by atoms with van der Waals surface area (Å²) >= 11 is 0. The van der Waals surface area contributed by atoms with E-state index >= 15 is 0 Å². The van der Waals surface area contributed by atoms with Crippen LogP contribution in [0.2, 0.25) is 0 Å². The fourth-order valence-corrected chi connectivity index (χ4v) is 1.45. The summed E-state index contributed by atoms with van der Waals surface area (Å²) in [6.45, 7) is 4.78. The van der Waals surface area contributed by atoms with E-state index in [4.69, 9.17) is 11.2 Å². The topological polar surface area (TPSA) is 38.3 Å². The van der Waals surface area contributed by atoms with Crippen LogP contribution in [0, 0.1) is 24.2 Å². The summed E-state index contributed by atoms with van der Waals surface area (Å²) in [5.74, 6) is 3.03. The molecule has 3 heteroatoms. The Balaban J connectivity index is 2.28. The number of terminal acetylenes is 1. The summed E-state index contributed by atoms with van der Waals surface area (Å²) in [5, 5.41) is 2.68. The van der Waals surface area contributed by atoms with Crippen LogP contribution in [0.4, 0.5) is 4.79 Å². The van der Waals surface area contributed by atoms with E-state index in [1.807, 2.05) is 44.2 Å². The largest absolute Gasteiger partial charge is 0.445 e. The van der Waals surface area contributed by atoms with Gasteiger partial charge < -0.3 is 10.1 Å². The molecule has 1 N–H and O–H groups in total. The predicted molar refractivity (Wildman–Crippen MR) is 71.8 cm³/mol. The maximum Gasteiger partial charge on any atom is 0.407 e. The number of ether oxygens (including phenoxy) is 1. The van der Waals surface area contributed by atoms with Crippen LogP contribution in [0.15, 0.2) is 30.3 Å². The molecule has 0 saturated heterocycles. The van der Waals surface area contributed by atoms with Crippen molar-refractivity contribution in [3.63, 3.8) is 0 Å². The number of hydrogen-bond donors (Lipinski definition) is 1. The summed E-state index contributed by atoms with van der Waals surface area (Å²) in [6.07, 6.45) is 4.95. The average Bonchev–Trinajstić information content (AvgIpc) is 2.38. The second-order valence-corrected chi connectivity index (χ2v) is 4.46. The molecule has 1 aromatic carbocycles. The number of benzene rings is 1. The molecule has 0 aliphatic carbocycles. The number of nitrogens with one attached hydrogen (secondary N) is 1. The molecule has 0 aliphatic rings. The molecule has 1 rings (SSSR count). The molecule has 96 valence electrons. The number of carbonyl (C=O) groups excluding carboxylic acids is 1. The van der Waals surface area contributed by atoms with Crippen LogP contribution in [0.3, 0.4) is 0 Å². The van der Waals surface area contributed by atoms with Crippen LogP contribution in [0.25, 0.3) is 0 Å². The molecule has 3 nitrogen and oxygen atoms in total. The van der Waals surface area contributed by atoms with E-state index in [2.05, 4.69) is 11.2 Å². The summed E-state index contributed by atoms with van der Waals surface area (Å²) < 4.78 is 5.08. The highest BCUT2D eigenvalue weighted by Crippen LogP contribution is 2.08. The Hall–Kier alpha value is -1.95. The lowest BCUT2D eigenvalue weighted by molar-refractivity contribution is 0.138. The maximum atomic E-state index is 11.5. The normalized spacial score (nSPS) is 11.7. The van der Waals surface area contributed by atoms with Gasteiger partial charge >= 0.3 is 6.09 Å². The van der Waals surface area contributed by atoms with Gasteiger partial charge in [-0.2, -0.15) is 0 Å². The molecule has 0 bridgehead atoms. The molecular formula is C15H19NO2. The number of hydrogen-bond acceptors (Lipinski definition) is 2. The van der Waals surface area contributed by atoms with Gasteiger partial charge in [0.05, 0.1) is 0 Å². The third-order valence-corrected chi connectivity index (χ3v) is 2.70. The lowest BCUT2D eigenvalue weighted by atomic mass is 9.97. The van der Waals surface area contributed by atoms with Crippen LogP contribution >= 0.6 is 0 Å². The van der Waals surface area contributed by atoms with Crippen molar-refractivity contribution in [2.24, 2.45) is 11.8 Å². The SMILES string of the molecule is C#CC(CNC(=O)OCc1ccccc1)C(C)C. The van der Waals surface area contributed by atoms with Gasteiger partial charge in [-0.05, 0) is 11.5 Å². The zero-order valence-electron chi connectivity index (χ0n) is 10.8. The van der Waals surface area contributed by atoms with E-state index < -0.39 is 6.09 Å². The molecule has 0 radical (unpaired) electrons. The van der Waals surface area contributed by atoms with Gasteiger partial charge in [0.2, 0.25) is 0 Å². The average molecular weight is 245 g/mol. The number of carbonyl (C=O) groups is 1. The van der Waals surface area contributed by atoms with Crippen molar-refractivity contribution in [2.45, 2.75) is 20.5 Å². The number of rotatable bonds is 5. The molecule has 0 heterocycles. The molecule has 0 spiro atoms. The highest BCUT2D eigenvalue weighted by atomic mass is 16.5. The van der Waals surface area contributed by atoms with E-state index in [-0.39, 0.29) is 12.5 Å². The molecule has 0 aromatic heterocycles. The first kappa shape index (κ1) is 14.1. The van der Waals surface area contributed by atoms with Gasteiger partial charge in [-0.3, -0.25) is 0 Å². The first-order valence-corrected chi connectivity index (χ1v) is 6.04. The van der Waals surface area contributed by atoms with Crippen molar-refractivity contribution in [1.82, 2.24) is 5.32 Å². The molecular weight excluding hydrogens is 226 g/mol. The fourth-order valence-electron chi connectivity index (χ4n) is 1.45. The smallest absolute Gasteiger partial charge is 0.407 e. The Morgan fingerprint density at radius 2 is 2.06 bits per heavy atom. The summed E-state index contributed by atoms with van der Waals surface area (Å²) in [6, 6.07) is 9.55. The van der Waals surface area contributed by atoms with E-state index in [0.717, 1.165) is 5.56 Å². The minimum Gasteiger partial charge on any atom is -0.445 e. The zero-order valence-corrected chi connectivity index (χ0v) is 10.8. The van der Waals surface area contributed by atoms with E-state index in [1.54, 1.807) is 0 Å². The highest BCUT2D eigenvalue weighted by Gasteiger charge is 2.11. The van der Waals surface area contributed by atoms with E-state index in [0.29, 0.717) is 12.5 Å². The second kappa shape index (κ2) is 7.39. The monoisotopic (exact) mass is 245 g/mol. The lowest BCUT2D eigenvalue weighted by Crippen LogP contribution is -2.31. The van der Waals surface area contributed by atoms with Crippen LogP contribution in [0.5, 0.6) is 0 Å². The second-order valence-electron chi connectivity index (χ2n) is 4.46. The lowest BCUT2D eigenvalue weighted by Gasteiger charge is -2.15.